The molecule has 4 rings (SSSR count). The average molecular weight is 260 g/mol. The van der Waals surface area contributed by atoms with Crippen LogP contribution in [0, 0.1) is 6.92 Å². The summed E-state index contributed by atoms with van der Waals surface area (Å²) in [5, 5.41) is 3.33. The van der Waals surface area contributed by atoms with Crippen molar-refractivity contribution in [1.29, 1.82) is 0 Å². The third-order valence-corrected chi connectivity index (χ3v) is 3.72. The lowest BCUT2D eigenvalue weighted by molar-refractivity contribution is 0.660. The van der Waals surface area contributed by atoms with Crippen molar-refractivity contribution in [3.05, 3.63) is 70.4 Å². The Bertz CT molecular complexity index is 1030. The summed E-state index contributed by atoms with van der Waals surface area (Å²) >= 11 is 0. The molecule has 3 aromatic carbocycles. The average Bonchev–Trinajstić information content (AvgIpc) is 2.47. The highest BCUT2D eigenvalue weighted by Gasteiger charge is 2.10. The smallest absolute Gasteiger partial charge is 0.201 e. The third-order valence-electron chi connectivity index (χ3n) is 3.72. The first kappa shape index (κ1) is 11.2. The molecule has 0 aliphatic rings. The van der Waals surface area contributed by atoms with E-state index in [4.69, 9.17) is 4.42 Å². The summed E-state index contributed by atoms with van der Waals surface area (Å²) in [7, 11) is 0. The number of para-hydroxylation sites is 1. The van der Waals surface area contributed by atoms with Gasteiger partial charge in [-0.1, -0.05) is 42.0 Å². The Morgan fingerprint density at radius 2 is 1.65 bits per heavy atom. The van der Waals surface area contributed by atoms with Crippen LogP contribution in [0.15, 0.2) is 63.8 Å². The van der Waals surface area contributed by atoms with E-state index in [2.05, 4.69) is 6.07 Å². The highest BCUT2D eigenvalue weighted by molar-refractivity contribution is 6.08. The van der Waals surface area contributed by atoms with Crippen LogP contribution in [-0.2, 0) is 0 Å². The first-order chi connectivity index (χ1) is 9.74. The molecule has 0 aliphatic heterocycles. The van der Waals surface area contributed by atoms with E-state index >= 15 is 0 Å². The number of rotatable bonds is 0. The summed E-state index contributed by atoms with van der Waals surface area (Å²) in [5.74, 6) is 0. The number of hydrogen-bond donors (Lipinski definition) is 0. The molecule has 0 atom stereocenters. The number of hydrogen-bond acceptors (Lipinski definition) is 2. The van der Waals surface area contributed by atoms with Crippen molar-refractivity contribution >= 4 is 32.7 Å². The molecule has 0 saturated carbocycles. The van der Waals surface area contributed by atoms with Gasteiger partial charge in [0.25, 0.3) is 0 Å². The van der Waals surface area contributed by atoms with Gasteiger partial charge in [0, 0.05) is 0 Å². The van der Waals surface area contributed by atoms with Crippen molar-refractivity contribution in [2.24, 2.45) is 0 Å². The zero-order valence-corrected chi connectivity index (χ0v) is 11.0. The normalized spacial score (nSPS) is 11.4. The van der Waals surface area contributed by atoms with Crippen LogP contribution in [0.1, 0.15) is 5.56 Å². The fourth-order valence-corrected chi connectivity index (χ4v) is 2.73. The first-order valence-electron chi connectivity index (χ1n) is 6.59. The number of benzene rings is 3. The number of aryl methyl sites for hydroxylation is 1. The molecule has 1 heterocycles. The SMILES string of the molecule is Cc1ccc2ccc3oc4ccccc4c(=O)c3c2c1. The fourth-order valence-electron chi connectivity index (χ4n) is 2.73. The van der Waals surface area contributed by atoms with E-state index in [-0.39, 0.29) is 5.43 Å². The predicted octanol–water partition coefficient (Wildman–Crippen LogP) is 4.41. The van der Waals surface area contributed by atoms with Crippen molar-refractivity contribution in [1.82, 2.24) is 0 Å². The molecule has 2 nitrogen and oxygen atoms in total. The van der Waals surface area contributed by atoms with Crippen molar-refractivity contribution in [3.8, 4) is 0 Å². The van der Waals surface area contributed by atoms with E-state index < -0.39 is 0 Å². The van der Waals surface area contributed by atoms with Gasteiger partial charge >= 0.3 is 0 Å². The molecule has 0 spiro atoms. The van der Waals surface area contributed by atoms with Crippen molar-refractivity contribution in [2.45, 2.75) is 6.92 Å². The summed E-state index contributed by atoms with van der Waals surface area (Å²) in [6.45, 7) is 2.03. The van der Waals surface area contributed by atoms with Crippen LogP contribution >= 0.6 is 0 Å². The molecule has 2 heteroatoms. The van der Waals surface area contributed by atoms with Crippen LogP contribution in [-0.4, -0.2) is 0 Å². The summed E-state index contributed by atoms with van der Waals surface area (Å²) in [4.78, 5) is 12.8. The van der Waals surface area contributed by atoms with Gasteiger partial charge in [-0.3, -0.25) is 4.79 Å². The van der Waals surface area contributed by atoms with Crippen molar-refractivity contribution in [3.63, 3.8) is 0 Å². The van der Waals surface area contributed by atoms with Crippen molar-refractivity contribution in [2.75, 3.05) is 0 Å². The van der Waals surface area contributed by atoms with E-state index in [1.165, 1.54) is 0 Å². The molecule has 96 valence electrons. The van der Waals surface area contributed by atoms with Crippen LogP contribution in [0.3, 0.4) is 0 Å². The Labute approximate surface area is 115 Å². The molecule has 0 aliphatic carbocycles. The molecular formula is C18H12O2. The maximum atomic E-state index is 12.8. The molecule has 0 saturated heterocycles. The lowest BCUT2D eigenvalue weighted by atomic mass is 10.0. The van der Waals surface area contributed by atoms with Gasteiger partial charge in [-0.05, 0) is 35.9 Å². The summed E-state index contributed by atoms with van der Waals surface area (Å²) in [5.41, 5.74) is 2.46. The minimum atomic E-state index is 0.0399. The summed E-state index contributed by atoms with van der Waals surface area (Å²) in [6, 6.07) is 17.4. The van der Waals surface area contributed by atoms with E-state index in [0.29, 0.717) is 21.9 Å². The zero-order chi connectivity index (χ0) is 13.7. The van der Waals surface area contributed by atoms with Crippen LogP contribution in [0.5, 0.6) is 0 Å². The van der Waals surface area contributed by atoms with Crippen LogP contribution in [0.4, 0.5) is 0 Å². The van der Waals surface area contributed by atoms with Gasteiger partial charge in [-0.15, -0.1) is 0 Å². The van der Waals surface area contributed by atoms with Gasteiger partial charge < -0.3 is 4.42 Å². The maximum Gasteiger partial charge on any atom is 0.201 e. The zero-order valence-electron chi connectivity index (χ0n) is 11.0. The van der Waals surface area contributed by atoms with Gasteiger partial charge in [0.1, 0.15) is 11.2 Å². The lowest BCUT2D eigenvalue weighted by Crippen LogP contribution is -2.02. The minimum absolute atomic E-state index is 0.0399. The maximum absolute atomic E-state index is 12.8. The predicted molar refractivity (Wildman–Crippen MR) is 82.2 cm³/mol. The second kappa shape index (κ2) is 3.94. The highest BCUT2D eigenvalue weighted by Crippen LogP contribution is 2.26. The second-order valence-electron chi connectivity index (χ2n) is 5.09. The quantitative estimate of drug-likeness (QED) is 0.346. The number of fused-ring (bicyclic) bond motifs is 4. The second-order valence-corrected chi connectivity index (χ2v) is 5.09. The molecule has 0 radical (unpaired) electrons. The highest BCUT2D eigenvalue weighted by atomic mass is 16.3. The Morgan fingerprint density at radius 3 is 2.55 bits per heavy atom. The van der Waals surface area contributed by atoms with Gasteiger partial charge in [0.15, 0.2) is 0 Å². The largest absolute Gasteiger partial charge is 0.456 e. The van der Waals surface area contributed by atoms with Gasteiger partial charge in [0.2, 0.25) is 5.43 Å². The molecule has 1 aromatic heterocycles. The molecule has 20 heavy (non-hydrogen) atoms. The monoisotopic (exact) mass is 260 g/mol. The molecule has 0 bridgehead atoms. The molecule has 0 amide bonds. The lowest BCUT2D eigenvalue weighted by Gasteiger charge is -2.05. The van der Waals surface area contributed by atoms with Gasteiger partial charge in [-0.25, -0.2) is 0 Å². The van der Waals surface area contributed by atoms with Crippen molar-refractivity contribution < 1.29 is 4.42 Å². The van der Waals surface area contributed by atoms with Crippen LogP contribution in [0.2, 0.25) is 0 Å². The van der Waals surface area contributed by atoms with E-state index in [9.17, 15) is 4.79 Å². The van der Waals surface area contributed by atoms with Gasteiger partial charge in [0.05, 0.1) is 10.8 Å². The van der Waals surface area contributed by atoms with Crippen LogP contribution < -0.4 is 5.43 Å². The van der Waals surface area contributed by atoms with E-state index in [0.717, 1.165) is 16.3 Å². The first-order valence-corrected chi connectivity index (χ1v) is 6.59. The minimum Gasteiger partial charge on any atom is -0.456 e. The Balaban J connectivity index is 2.35. The van der Waals surface area contributed by atoms with E-state index in [1.54, 1.807) is 0 Å². The van der Waals surface area contributed by atoms with E-state index in [1.807, 2.05) is 55.5 Å². The Morgan fingerprint density at radius 1 is 0.850 bits per heavy atom. The molecular weight excluding hydrogens is 248 g/mol. The fraction of sp³-hybridized carbons (Fsp3) is 0.0556. The summed E-state index contributed by atoms with van der Waals surface area (Å²) < 4.78 is 5.87. The molecule has 0 N–H and O–H groups in total. The van der Waals surface area contributed by atoms with Gasteiger partial charge in [-0.2, -0.15) is 0 Å². The molecule has 4 aromatic rings. The summed E-state index contributed by atoms with van der Waals surface area (Å²) in [6.07, 6.45) is 0. The molecule has 0 fully saturated rings. The third kappa shape index (κ3) is 1.48. The topological polar surface area (TPSA) is 30.2 Å². The Kier molecular flexibility index (Phi) is 2.21. The Hall–Kier alpha value is -2.61. The van der Waals surface area contributed by atoms with Crippen LogP contribution in [0.25, 0.3) is 32.7 Å². The molecule has 0 unspecified atom stereocenters. The standard InChI is InChI=1S/C18H12O2/c1-11-6-7-12-8-9-16-17(14(12)10-11)18(19)13-4-2-3-5-15(13)20-16/h2-10H,1H3.